The lowest BCUT2D eigenvalue weighted by Gasteiger charge is -2.35. The summed E-state index contributed by atoms with van der Waals surface area (Å²) >= 11 is 0. The summed E-state index contributed by atoms with van der Waals surface area (Å²) in [6.45, 7) is 2.32. The van der Waals surface area contributed by atoms with Crippen LogP contribution in [0.1, 0.15) is 25.7 Å². The Kier molecular flexibility index (Phi) is 5.41. The molecule has 21 heavy (non-hydrogen) atoms. The molecule has 0 aliphatic carbocycles. The summed E-state index contributed by atoms with van der Waals surface area (Å²) < 4.78 is 10.5. The van der Waals surface area contributed by atoms with Gasteiger partial charge in [0.15, 0.2) is 0 Å². The van der Waals surface area contributed by atoms with Crippen molar-refractivity contribution >= 4 is 12.0 Å². The molecule has 7 heteroatoms. The van der Waals surface area contributed by atoms with Gasteiger partial charge in [-0.3, -0.25) is 4.79 Å². The van der Waals surface area contributed by atoms with E-state index in [2.05, 4.69) is 5.32 Å². The number of carboxylic acids is 1. The van der Waals surface area contributed by atoms with Crippen molar-refractivity contribution < 1.29 is 24.2 Å². The Balaban J connectivity index is 1.83. The smallest absolute Gasteiger partial charge is 0.317 e. The standard InChI is InChI=1S/C14H24N2O5/c1-20-11-2-6-16(7-3-11)13(19)15-10-14(12(17)18)4-8-21-9-5-14/h11H,2-10H2,1H3,(H,15,19)(H,17,18). The molecule has 0 atom stereocenters. The molecule has 7 nitrogen and oxygen atoms in total. The van der Waals surface area contributed by atoms with Crippen molar-refractivity contribution in [1.82, 2.24) is 10.2 Å². The molecule has 0 unspecified atom stereocenters. The fourth-order valence-corrected chi connectivity index (χ4v) is 2.88. The van der Waals surface area contributed by atoms with Gasteiger partial charge in [0.1, 0.15) is 0 Å². The molecule has 0 aromatic carbocycles. The van der Waals surface area contributed by atoms with E-state index in [9.17, 15) is 14.7 Å². The molecule has 0 bridgehead atoms. The predicted molar refractivity (Wildman–Crippen MR) is 75.1 cm³/mol. The van der Waals surface area contributed by atoms with Crippen molar-refractivity contribution in [3.8, 4) is 0 Å². The number of piperidine rings is 1. The minimum Gasteiger partial charge on any atom is -0.481 e. The van der Waals surface area contributed by atoms with Crippen LogP contribution in [0.5, 0.6) is 0 Å². The van der Waals surface area contributed by atoms with E-state index in [-0.39, 0.29) is 18.7 Å². The van der Waals surface area contributed by atoms with Crippen LogP contribution < -0.4 is 5.32 Å². The van der Waals surface area contributed by atoms with Crippen LogP contribution in [0.2, 0.25) is 0 Å². The minimum absolute atomic E-state index is 0.161. The lowest BCUT2D eigenvalue weighted by atomic mass is 9.80. The first kappa shape index (κ1) is 16.0. The third kappa shape index (κ3) is 3.85. The quantitative estimate of drug-likeness (QED) is 0.797. The first-order valence-electron chi connectivity index (χ1n) is 7.44. The van der Waals surface area contributed by atoms with Gasteiger partial charge in [0.05, 0.1) is 11.5 Å². The molecule has 0 saturated carbocycles. The predicted octanol–water partition coefficient (Wildman–Crippen LogP) is 0.688. The van der Waals surface area contributed by atoms with E-state index in [0.717, 1.165) is 12.8 Å². The van der Waals surface area contributed by atoms with Crippen LogP contribution in [0.4, 0.5) is 4.79 Å². The fourth-order valence-electron chi connectivity index (χ4n) is 2.88. The van der Waals surface area contributed by atoms with E-state index >= 15 is 0 Å². The first-order chi connectivity index (χ1) is 10.1. The molecule has 2 N–H and O–H groups in total. The number of ether oxygens (including phenoxy) is 2. The SMILES string of the molecule is COC1CCN(C(=O)NCC2(C(=O)O)CCOCC2)CC1. The van der Waals surface area contributed by atoms with Crippen LogP contribution in [0.3, 0.4) is 0 Å². The van der Waals surface area contributed by atoms with Gasteiger partial charge in [-0.2, -0.15) is 0 Å². The van der Waals surface area contributed by atoms with Gasteiger partial charge in [-0.05, 0) is 25.7 Å². The number of likely N-dealkylation sites (tertiary alicyclic amines) is 1. The van der Waals surface area contributed by atoms with Gasteiger partial charge >= 0.3 is 12.0 Å². The van der Waals surface area contributed by atoms with Crippen molar-refractivity contribution in [3.63, 3.8) is 0 Å². The summed E-state index contributed by atoms with van der Waals surface area (Å²) in [5, 5.41) is 12.2. The summed E-state index contributed by atoms with van der Waals surface area (Å²) in [6.07, 6.45) is 2.74. The maximum Gasteiger partial charge on any atom is 0.317 e. The highest BCUT2D eigenvalue weighted by molar-refractivity contribution is 5.78. The zero-order valence-corrected chi connectivity index (χ0v) is 12.5. The highest BCUT2D eigenvalue weighted by Gasteiger charge is 2.40. The lowest BCUT2D eigenvalue weighted by molar-refractivity contribution is -0.154. The van der Waals surface area contributed by atoms with Crippen LogP contribution in [0, 0.1) is 5.41 Å². The summed E-state index contributed by atoms with van der Waals surface area (Å²) in [4.78, 5) is 25.4. The van der Waals surface area contributed by atoms with Gasteiger partial charge in [-0.1, -0.05) is 0 Å². The third-order valence-corrected chi connectivity index (χ3v) is 4.54. The van der Waals surface area contributed by atoms with Gasteiger partial charge in [-0.25, -0.2) is 4.79 Å². The number of carboxylic acid groups (broad SMARTS) is 1. The zero-order chi connectivity index (χ0) is 15.3. The van der Waals surface area contributed by atoms with Gasteiger partial charge < -0.3 is 24.8 Å². The number of nitrogens with one attached hydrogen (secondary N) is 1. The van der Waals surface area contributed by atoms with Gasteiger partial charge in [0.25, 0.3) is 0 Å². The van der Waals surface area contributed by atoms with Crippen molar-refractivity contribution in [1.29, 1.82) is 0 Å². The molecule has 2 aliphatic rings. The zero-order valence-electron chi connectivity index (χ0n) is 12.5. The van der Waals surface area contributed by atoms with Crippen LogP contribution in [-0.2, 0) is 14.3 Å². The van der Waals surface area contributed by atoms with E-state index in [0.29, 0.717) is 39.1 Å². The molecular weight excluding hydrogens is 276 g/mol. The largest absolute Gasteiger partial charge is 0.481 e. The number of amides is 2. The second-order valence-corrected chi connectivity index (χ2v) is 5.78. The first-order valence-corrected chi connectivity index (χ1v) is 7.44. The molecule has 0 aromatic heterocycles. The molecule has 0 radical (unpaired) electrons. The highest BCUT2D eigenvalue weighted by atomic mass is 16.5. The van der Waals surface area contributed by atoms with E-state index in [1.165, 1.54) is 0 Å². The van der Waals surface area contributed by atoms with Gasteiger partial charge in [-0.15, -0.1) is 0 Å². The lowest BCUT2D eigenvalue weighted by Crippen LogP contribution is -2.51. The topological polar surface area (TPSA) is 88.1 Å². The molecule has 0 spiro atoms. The second-order valence-electron chi connectivity index (χ2n) is 5.78. The maximum absolute atomic E-state index is 12.2. The Morgan fingerprint density at radius 2 is 1.95 bits per heavy atom. The van der Waals surface area contributed by atoms with Crippen molar-refractivity contribution in [2.24, 2.45) is 5.41 Å². The van der Waals surface area contributed by atoms with Gasteiger partial charge in [0, 0.05) is 40.0 Å². The number of methoxy groups -OCH3 is 1. The van der Waals surface area contributed by atoms with E-state index in [1.807, 2.05) is 0 Å². The summed E-state index contributed by atoms with van der Waals surface area (Å²) in [7, 11) is 1.68. The maximum atomic E-state index is 12.2. The fraction of sp³-hybridized carbons (Fsp3) is 0.857. The second kappa shape index (κ2) is 7.09. The molecule has 0 aromatic rings. The van der Waals surface area contributed by atoms with Gasteiger partial charge in [0.2, 0.25) is 0 Å². The van der Waals surface area contributed by atoms with E-state index in [4.69, 9.17) is 9.47 Å². The van der Waals surface area contributed by atoms with Crippen molar-refractivity contribution in [2.45, 2.75) is 31.8 Å². The Morgan fingerprint density at radius 3 is 2.48 bits per heavy atom. The Hall–Kier alpha value is -1.34. The number of carbonyl (C=O) groups is 2. The van der Waals surface area contributed by atoms with Crippen LogP contribution in [-0.4, -0.2) is 68.1 Å². The molecule has 2 amide bonds. The van der Waals surface area contributed by atoms with E-state index in [1.54, 1.807) is 12.0 Å². The minimum atomic E-state index is -0.890. The summed E-state index contributed by atoms with van der Waals surface area (Å²) in [6, 6.07) is -0.184. The number of hydrogen-bond donors (Lipinski definition) is 2. The monoisotopic (exact) mass is 300 g/mol. The summed E-state index contributed by atoms with van der Waals surface area (Å²) in [5.41, 5.74) is -0.890. The average Bonchev–Trinajstić information content (AvgIpc) is 2.53. The molecule has 120 valence electrons. The van der Waals surface area contributed by atoms with E-state index < -0.39 is 11.4 Å². The molecule has 2 aliphatic heterocycles. The average molecular weight is 300 g/mol. The number of hydrogen-bond acceptors (Lipinski definition) is 4. The van der Waals surface area contributed by atoms with Crippen molar-refractivity contribution in [3.05, 3.63) is 0 Å². The Bertz CT molecular complexity index is 374. The van der Waals surface area contributed by atoms with Crippen LogP contribution >= 0.6 is 0 Å². The molecule has 2 saturated heterocycles. The third-order valence-electron chi connectivity index (χ3n) is 4.54. The Labute approximate surface area is 124 Å². The normalized spacial score (nSPS) is 22.8. The highest BCUT2D eigenvalue weighted by Crippen LogP contribution is 2.30. The number of urea groups is 1. The molecule has 2 heterocycles. The Morgan fingerprint density at radius 1 is 1.33 bits per heavy atom. The number of aliphatic carboxylic acids is 1. The molecular formula is C14H24N2O5. The summed E-state index contributed by atoms with van der Waals surface area (Å²) in [5.74, 6) is -0.857. The van der Waals surface area contributed by atoms with Crippen molar-refractivity contribution in [2.75, 3.05) is 40.0 Å². The number of rotatable bonds is 4. The number of carbonyl (C=O) groups excluding carboxylic acids is 1. The number of nitrogens with zero attached hydrogens (tertiary/aromatic N) is 1. The van der Waals surface area contributed by atoms with Crippen LogP contribution in [0.15, 0.2) is 0 Å². The van der Waals surface area contributed by atoms with Crippen LogP contribution in [0.25, 0.3) is 0 Å². The molecule has 2 fully saturated rings. The molecule has 2 rings (SSSR count).